The van der Waals surface area contributed by atoms with Crippen molar-refractivity contribution < 1.29 is 4.79 Å². The number of nitrogens with zero attached hydrogens (tertiary/aromatic N) is 1. The van der Waals surface area contributed by atoms with Crippen LogP contribution in [0.5, 0.6) is 0 Å². The Morgan fingerprint density at radius 1 is 1.00 bits per heavy atom. The first-order valence-corrected chi connectivity index (χ1v) is 4.23. The molecule has 0 bridgehead atoms. The van der Waals surface area contributed by atoms with Crippen molar-refractivity contribution >= 4 is 5.91 Å². The zero-order valence-corrected chi connectivity index (χ0v) is 9.06. The van der Waals surface area contributed by atoms with Crippen LogP contribution in [0.15, 0.2) is 0 Å². The third-order valence-electron chi connectivity index (χ3n) is 1.59. The molecule has 0 aliphatic heterocycles. The molecule has 0 aromatic rings. The average molecular weight is 170 g/mol. The molecule has 2 heteroatoms. The zero-order chi connectivity index (χ0) is 10.2. The zero-order valence-electron chi connectivity index (χ0n) is 9.06. The standard InChI is InChI=1S/C10H20NO/c1-8(12)11(9(2,3)4)10(5,6)7/h1H2,2-7H3. The lowest BCUT2D eigenvalue weighted by Gasteiger charge is -2.44. The lowest BCUT2D eigenvalue weighted by atomic mass is 9.96. The summed E-state index contributed by atoms with van der Waals surface area (Å²) in [5.41, 5.74) is -0.311. The molecule has 0 saturated carbocycles. The Morgan fingerprint density at radius 3 is 1.25 bits per heavy atom. The summed E-state index contributed by atoms with van der Waals surface area (Å²) in [5, 5.41) is 0. The van der Waals surface area contributed by atoms with Crippen molar-refractivity contribution in [1.82, 2.24) is 4.90 Å². The van der Waals surface area contributed by atoms with E-state index in [2.05, 4.69) is 6.92 Å². The molecule has 1 radical (unpaired) electrons. The van der Waals surface area contributed by atoms with Gasteiger partial charge in [0.05, 0.1) is 0 Å². The van der Waals surface area contributed by atoms with Crippen LogP contribution in [0.25, 0.3) is 0 Å². The van der Waals surface area contributed by atoms with Crippen molar-refractivity contribution in [1.29, 1.82) is 0 Å². The van der Waals surface area contributed by atoms with E-state index in [0.717, 1.165) is 0 Å². The maximum absolute atomic E-state index is 11.3. The number of hydrogen-bond donors (Lipinski definition) is 0. The molecule has 0 fully saturated rings. The van der Waals surface area contributed by atoms with E-state index in [1.165, 1.54) is 0 Å². The molecule has 0 rings (SSSR count). The van der Waals surface area contributed by atoms with Gasteiger partial charge in [-0.3, -0.25) is 4.79 Å². The van der Waals surface area contributed by atoms with E-state index in [1.807, 2.05) is 41.5 Å². The van der Waals surface area contributed by atoms with Gasteiger partial charge in [-0.1, -0.05) is 0 Å². The van der Waals surface area contributed by atoms with E-state index >= 15 is 0 Å². The average Bonchev–Trinajstić information content (AvgIpc) is 1.49. The van der Waals surface area contributed by atoms with E-state index in [9.17, 15) is 4.79 Å². The molecule has 0 spiro atoms. The largest absolute Gasteiger partial charge is 0.333 e. The molecule has 0 aliphatic carbocycles. The SMILES string of the molecule is [CH2]C(=O)N(C(C)(C)C)C(C)(C)C. The molecular formula is C10H20NO. The molecule has 71 valence electrons. The van der Waals surface area contributed by atoms with Crippen molar-refractivity contribution in [3.63, 3.8) is 0 Å². The molecule has 12 heavy (non-hydrogen) atoms. The Labute approximate surface area is 75.9 Å². The molecule has 0 aromatic heterocycles. The molecular weight excluding hydrogens is 150 g/mol. The predicted octanol–water partition coefficient (Wildman–Crippen LogP) is 2.25. The monoisotopic (exact) mass is 170 g/mol. The fourth-order valence-corrected chi connectivity index (χ4v) is 1.75. The molecule has 1 amide bonds. The summed E-state index contributed by atoms with van der Waals surface area (Å²) in [6.45, 7) is 15.6. The van der Waals surface area contributed by atoms with Crippen LogP contribution >= 0.6 is 0 Å². The van der Waals surface area contributed by atoms with Gasteiger partial charge in [-0.25, -0.2) is 0 Å². The minimum atomic E-state index is -0.156. The highest BCUT2D eigenvalue weighted by atomic mass is 16.2. The lowest BCUT2D eigenvalue weighted by molar-refractivity contribution is -0.137. The summed E-state index contributed by atoms with van der Waals surface area (Å²) in [5.74, 6) is -0.116. The van der Waals surface area contributed by atoms with Crippen LogP contribution in [0, 0.1) is 6.92 Å². The molecule has 0 heterocycles. The van der Waals surface area contributed by atoms with E-state index in [0.29, 0.717) is 0 Å². The van der Waals surface area contributed by atoms with E-state index < -0.39 is 0 Å². The second-order valence-corrected chi connectivity index (χ2v) is 5.07. The van der Waals surface area contributed by atoms with Crippen LogP contribution < -0.4 is 0 Å². The lowest BCUT2D eigenvalue weighted by Crippen LogP contribution is -2.54. The summed E-state index contributed by atoms with van der Waals surface area (Å²) in [4.78, 5) is 13.0. The highest BCUT2D eigenvalue weighted by molar-refractivity contribution is 5.81. The number of amides is 1. The van der Waals surface area contributed by atoms with Gasteiger partial charge in [0.15, 0.2) is 0 Å². The van der Waals surface area contributed by atoms with Crippen LogP contribution in [0.4, 0.5) is 0 Å². The Bertz CT molecular complexity index is 157. The smallest absolute Gasteiger partial charge is 0.223 e. The fraction of sp³-hybridized carbons (Fsp3) is 0.800. The Morgan fingerprint density at radius 2 is 1.25 bits per heavy atom. The fourth-order valence-electron chi connectivity index (χ4n) is 1.75. The van der Waals surface area contributed by atoms with Gasteiger partial charge in [0, 0.05) is 18.0 Å². The first-order chi connectivity index (χ1) is 5.07. The van der Waals surface area contributed by atoms with Crippen molar-refractivity contribution in [3.8, 4) is 0 Å². The van der Waals surface area contributed by atoms with Crippen LogP contribution in [-0.4, -0.2) is 21.9 Å². The van der Waals surface area contributed by atoms with Crippen molar-refractivity contribution in [2.75, 3.05) is 0 Å². The normalized spacial score (nSPS) is 12.9. The van der Waals surface area contributed by atoms with Gasteiger partial charge in [-0.05, 0) is 41.5 Å². The highest BCUT2D eigenvalue weighted by Gasteiger charge is 2.33. The van der Waals surface area contributed by atoms with Crippen LogP contribution in [0.3, 0.4) is 0 Å². The van der Waals surface area contributed by atoms with Gasteiger partial charge in [-0.15, -0.1) is 0 Å². The van der Waals surface area contributed by atoms with E-state index in [4.69, 9.17) is 0 Å². The van der Waals surface area contributed by atoms with Crippen molar-refractivity contribution in [2.24, 2.45) is 0 Å². The molecule has 0 aromatic carbocycles. The number of carbonyl (C=O) groups excluding carboxylic acids is 1. The van der Waals surface area contributed by atoms with Gasteiger partial charge in [-0.2, -0.15) is 0 Å². The summed E-state index contributed by atoms with van der Waals surface area (Å²) < 4.78 is 0. The molecule has 0 atom stereocenters. The second kappa shape index (κ2) is 3.08. The van der Waals surface area contributed by atoms with Crippen LogP contribution in [-0.2, 0) is 4.79 Å². The highest BCUT2D eigenvalue weighted by Crippen LogP contribution is 2.24. The van der Waals surface area contributed by atoms with Crippen LogP contribution in [0.1, 0.15) is 41.5 Å². The van der Waals surface area contributed by atoms with Crippen LogP contribution in [0.2, 0.25) is 0 Å². The van der Waals surface area contributed by atoms with Gasteiger partial charge in [0.2, 0.25) is 5.91 Å². The summed E-state index contributed by atoms with van der Waals surface area (Å²) >= 11 is 0. The molecule has 0 N–H and O–H groups in total. The Hall–Kier alpha value is -0.530. The summed E-state index contributed by atoms with van der Waals surface area (Å²) in [7, 11) is 0. The Balaban J connectivity index is 4.82. The topological polar surface area (TPSA) is 20.3 Å². The third kappa shape index (κ3) is 2.84. The minimum Gasteiger partial charge on any atom is -0.333 e. The molecule has 0 aliphatic rings. The number of hydrogen-bond acceptors (Lipinski definition) is 1. The second-order valence-electron chi connectivity index (χ2n) is 5.07. The number of rotatable bonds is 0. The summed E-state index contributed by atoms with van der Waals surface area (Å²) in [6.07, 6.45) is 0. The van der Waals surface area contributed by atoms with Gasteiger partial charge < -0.3 is 4.90 Å². The number of carbonyl (C=O) groups is 1. The van der Waals surface area contributed by atoms with E-state index in [1.54, 1.807) is 4.90 Å². The van der Waals surface area contributed by atoms with Gasteiger partial charge in [0.1, 0.15) is 0 Å². The summed E-state index contributed by atoms with van der Waals surface area (Å²) in [6, 6.07) is 0. The molecule has 2 nitrogen and oxygen atoms in total. The molecule has 0 saturated heterocycles. The maximum atomic E-state index is 11.3. The maximum Gasteiger partial charge on any atom is 0.223 e. The van der Waals surface area contributed by atoms with Gasteiger partial charge in [0.25, 0.3) is 0 Å². The quantitative estimate of drug-likeness (QED) is 0.546. The first kappa shape index (κ1) is 11.5. The first-order valence-electron chi connectivity index (χ1n) is 4.23. The molecule has 0 unspecified atom stereocenters. The van der Waals surface area contributed by atoms with E-state index in [-0.39, 0.29) is 17.0 Å². The van der Waals surface area contributed by atoms with Gasteiger partial charge >= 0.3 is 0 Å². The predicted molar refractivity (Wildman–Crippen MR) is 51.7 cm³/mol. The van der Waals surface area contributed by atoms with Crippen molar-refractivity contribution in [3.05, 3.63) is 6.92 Å². The minimum absolute atomic E-state index is 0.116. The van der Waals surface area contributed by atoms with Crippen molar-refractivity contribution in [2.45, 2.75) is 52.6 Å². The third-order valence-corrected chi connectivity index (χ3v) is 1.59. The Kier molecular flexibility index (Phi) is 2.94.